The maximum absolute atomic E-state index is 12.4. The average molecular weight is 340 g/mol. The maximum Gasteiger partial charge on any atom is 0.224 e. The second-order valence-electron chi connectivity index (χ2n) is 5.61. The molecule has 1 aromatic rings. The van der Waals surface area contributed by atoms with Crippen LogP contribution in [0.15, 0.2) is 24.3 Å². The third-order valence-electron chi connectivity index (χ3n) is 4.07. The Labute approximate surface area is 137 Å². The summed E-state index contributed by atoms with van der Waals surface area (Å²) in [6.07, 6.45) is 0.865. The van der Waals surface area contributed by atoms with Gasteiger partial charge in [-0.15, -0.1) is 0 Å². The molecule has 1 fully saturated rings. The van der Waals surface area contributed by atoms with Gasteiger partial charge in [0.1, 0.15) is 5.75 Å². The number of nitrogens with one attached hydrogen (secondary N) is 1. The molecular formula is C16H24N2O4S. The molecule has 1 atom stereocenters. The van der Waals surface area contributed by atoms with Crippen molar-refractivity contribution in [2.24, 2.45) is 0 Å². The number of anilines is 1. The van der Waals surface area contributed by atoms with Crippen LogP contribution < -0.4 is 10.1 Å². The highest BCUT2D eigenvalue weighted by Crippen LogP contribution is 2.23. The van der Waals surface area contributed by atoms with Crippen molar-refractivity contribution in [3.8, 4) is 5.75 Å². The van der Waals surface area contributed by atoms with Crippen LogP contribution in [0.3, 0.4) is 0 Å². The van der Waals surface area contributed by atoms with Crippen molar-refractivity contribution < 1.29 is 17.9 Å². The first kappa shape index (κ1) is 17.6. The van der Waals surface area contributed by atoms with E-state index in [0.29, 0.717) is 25.9 Å². The fourth-order valence-electron chi connectivity index (χ4n) is 2.90. The van der Waals surface area contributed by atoms with Crippen molar-refractivity contribution in [2.45, 2.75) is 25.8 Å². The highest BCUT2D eigenvalue weighted by Gasteiger charge is 2.33. The Morgan fingerprint density at radius 1 is 1.39 bits per heavy atom. The van der Waals surface area contributed by atoms with Gasteiger partial charge in [-0.2, -0.15) is 0 Å². The molecule has 1 N–H and O–H groups in total. The molecule has 1 heterocycles. The number of hydrogen-bond acceptors (Lipinski definition) is 5. The highest BCUT2D eigenvalue weighted by atomic mass is 32.2. The monoisotopic (exact) mass is 340 g/mol. The number of sulfone groups is 1. The average Bonchev–Trinajstić information content (AvgIpc) is 2.88. The van der Waals surface area contributed by atoms with Gasteiger partial charge >= 0.3 is 0 Å². The number of nitrogens with zero attached hydrogens (tertiary/aromatic N) is 1. The van der Waals surface area contributed by atoms with Crippen LogP contribution in [-0.2, 0) is 14.6 Å². The predicted octanol–water partition coefficient (Wildman–Crippen LogP) is 1.53. The van der Waals surface area contributed by atoms with Crippen LogP contribution in [0.2, 0.25) is 0 Å². The van der Waals surface area contributed by atoms with Crippen molar-refractivity contribution in [3.63, 3.8) is 0 Å². The van der Waals surface area contributed by atoms with Gasteiger partial charge in [0.25, 0.3) is 0 Å². The zero-order valence-electron chi connectivity index (χ0n) is 13.6. The number of carbonyl (C=O) groups excluding carboxylic acids is 1. The fourth-order valence-corrected chi connectivity index (χ4v) is 4.63. The number of hydrogen-bond donors (Lipinski definition) is 1. The highest BCUT2D eigenvalue weighted by molar-refractivity contribution is 7.91. The van der Waals surface area contributed by atoms with Gasteiger partial charge in [0, 0.05) is 25.6 Å². The molecule has 1 amide bonds. The van der Waals surface area contributed by atoms with Crippen LogP contribution in [0.25, 0.3) is 0 Å². The first-order chi connectivity index (χ1) is 11.0. The number of methoxy groups -OCH3 is 1. The number of para-hydroxylation sites is 2. The Morgan fingerprint density at radius 3 is 2.74 bits per heavy atom. The third-order valence-corrected chi connectivity index (χ3v) is 5.82. The molecule has 1 aliphatic heterocycles. The second-order valence-corrected chi connectivity index (χ2v) is 7.84. The minimum absolute atomic E-state index is 0.0167. The van der Waals surface area contributed by atoms with E-state index >= 15 is 0 Å². The van der Waals surface area contributed by atoms with E-state index in [0.717, 1.165) is 11.4 Å². The van der Waals surface area contributed by atoms with E-state index in [1.165, 1.54) is 0 Å². The molecule has 0 bridgehead atoms. The largest absolute Gasteiger partial charge is 0.495 e. The number of benzene rings is 1. The minimum Gasteiger partial charge on any atom is -0.495 e. The fraction of sp³-hybridized carbons (Fsp3) is 0.562. The lowest BCUT2D eigenvalue weighted by atomic mass is 10.2. The number of carbonyl (C=O) groups is 1. The van der Waals surface area contributed by atoms with Crippen LogP contribution in [0, 0.1) is 0 Å². The Kier molecular flexibility index (Phi) is 5.87. The Morgan fingerprint density at radius 2 is 2.13 bits per heavy atom. The van der Waals surface area contributed by atoms with Crippen molar-refractivity contribution >= 4 is 21.4 Å². The summed E-state index contributed by atoms with van der Waals surface area (Å²) >= 11 is 0. The summed E-state index contributed by atoms with van der Waals surface area (Å²) in [5.41, 5.74) is 0.842. The maximum atomic E-state index is 12.4. The normalized spacial score (nSPS) is 19.3. The Bertz CT molecular complexity index is 645. The zero-order chi connectivity index (χ0) is 16.9. The van der Waals surface area contributed by atoms with Crippen molar-refractivity contribution in [2.75, 3.05) is 37.0 Å². The van der Waals surface area contributed by atoms with Gasteiger partial charge in [-0.1, -0.05) is 12.1 Å². The van der Waals surface area contributed by atoms with Crippen LogP contribution in [-0.4, -0.2) is 57.0 Å². The van der Waals surface area contributed by atoms with E-state index in [4.69, 9.17) is 4.74 Å². The summed E-state index contributed by atoms with van der Waals surface area (Å²) in [6, 6.07) is 7.35. The van der Waals surface area contributed by atoms with Crippen molar-refractivity contribution in [1.82, 2.24) is 4.90 Å². The van der Waals surface area contributed by atoms with Crippen molar-refractivity contribution in [1.29, 1.82) is 0 Å². The molecule has 0 aromatic heterocycles. The van der Waals surface area contributed by atoms with Gasteiger partial charge in [-0.05, 0) is 25.5 Å². The van der Waals surface area contributed by atoms with E-state index in [1.807, 2.05) is 31.2 Å². The molecule has 1 saturated heterocycles. The van der Waals surface area contributed by atoms with Gasteiger partial charge in [0.2, 0.25) is 5.91 Å². The van der Waals surface area contributed by atoms with Gasteiger partial charge in [0.15, 0.2) is 9.84 Å². The molecule has 128 valence electrons. The topological polar surface area (TPSA) is 75.7 Å². The van der Waals surface area contributed by atoms with E-state index in [2.05, 4.69) is 5.32 Å². The molecule has 6 nitrogen and oxygen atoms in total. The molecule has 0 saturated carbocycles. The van der Waals surface area contributed by atoms with Crippen LogP contribution in [0.5, 0.6) is 5.75 Å². The molecule has 1 unspecified atom stereocenters. The molecular weight excluding hydrogens is 316 g/mol. The molecule has 0 aliphatic carbocycles. The molecule has 0 spiro atoms. The molecule has 2 rings (SSSR count). The standard InChI is InChI=1S/C16H24N2O4S/c1-3-18(13-9-11-23(20,21)12-13)16(19)8-10-17-14-6-4-5-7-15(14)22-2/h4-7,13,17H,3,8-12H2,1-2H3. The summed E-state index contributed by atoms with van der Waals surface area (Å²) in [5.74, 6) is 0.985. The van der Waals surface area contributed by atoms with E-state index in [9.17, 15) is 13.2 Å². The van der Waals surface area contributed by atoms with Gasteiger partial charge in [0.05, 0.1) is 24.3 Å². The second kappa shape index (κ2) is 7.68. The van der Waals surface area contributed by atoms with Crippen LogP contribution in [0.1, 0.15) is 19.8 Å². The van der Waals surface area contributed by atoms with E-state index in [1.54, 1.807) is 12.0 Å². The summed E-state index contributed by atoms with van der Waals surface area (Å²) in [6.45, 7) is 2.90. The van der Waals surface area contributed by atoms with E-state index in [-0.39, 0.29) is 23.5 Å². The smallest absolute Gasteiger partial charge is 0.224 e. The van der Waals surface area contributed by atoms with Crippen molar-refractivity contribution in [3.05, 3.63) is 24.3 Å². The predicted molar refractivity (Wildman–Crippen MR) is 90.5 cm³/mol. The molecule has 1 aromatic carbocycles. The Hall–Kier alpha value is -1.76. The first-order valence-corrected chi connectivity index (χ1v) is 9.65. The summed E-state index contributed by atoms with van der Waals surface area (Å²) in [4.78, 5) is 14.1. The van der Waals surface area contributed by atoms with Crippen LogP contribution >= 0.6 is 0 Å². The summed E-state index contributed by atoms with van der Waals surface area (Å²) < 4.78 is 28.4. The lowest BCUT2D eigenvalue weighted by Crippen LogP contribution is -2.41. The number of ether oxygens (including phenoxy) is 1. The lowest BCUT2D eigenvalue weighted by molar-refractivity contribution is -0.132. The molecule has 23 heavy (non-hydrogen) atoms. The van der Waals surface area contributed by atoms with Crippen LogP contribution in [0.4, 0.5) is 5.69 Å². The molecule has 0 radical (unpaired) electrons. The van der Waals surface area contributed by atoms with Gasteiger partial charge in [-0.3, -0.25) is 4.79 Å². The first-order valence-electron chi connectivity index (χ1n) is 7.83. The number of rotatable bonds is 7. The molecule has 7 heteroatoms. The molecule has 1 aliphatic rings. The third kappa shape index (κ3) is 4.60. The quantitative estimate of drug-likeness (QED) is 0.815. The van der Waals surface area contributed by atoms with E-state index < -0.39 is 9.84 Å². The van der Waals surface area contributed by atoms with Gasteiger partial charge < -0.3 is 15.0 Å². The summed E-state index contributed by atoms with van der Waals surface area (Å²) in [7, 11) is -1.38. The Balaban J connectivity index is 1.88. The minimum atomic E-state index is -2.98. The number of amides is 1. The lowest BCUT2D eigenvalue weighted by Gasteiger charge is -2.27. The summed E-state index contributed by atoms with van der Waals surface area (Å²) in [5, 5.41) is 3.19. The zero-order valence-corrected chi connectivity index (χ0v) is 14.4. The SMILES string of the molecule is CCN(C(=O)CCNc1ccccc1OC)C1CCS(=O)(=O)C1. The van der Waals surface area contributed by atoms with Gasteiger partial charge in [-0.25, -0.2) is 8.42 Å².